The van der Waals surface area contributed by atoms with E-state index in [0.717, 1.165) is 0 Å². The molecule has 0 saturated heterocycles. The molecular formula is C10H5BrCl2N4O. The molecule has 1 N–H and O–H groups in total. The van der Waals surface area contributed by atoms with Crippen molar-refractivity contribution >= 4 is 50.7 Å². The quantitative estimate of drug-likeness (QED) is 0.847. The second kappa shape index (κ2) is 5.60. The smallest absolute Gasteiger partial charge is 0.275 e. The summed E-state index contributed by atoms with van der Waals surface area (Å²) in [5.74, 6) is -0.457. The lowest BCUT2D eigenvalue weighted by atomic mass is 10.3. The van der Waals surface area contributed by atoms with E-state index in [1.54, 1.807) is 12.1 Å². The van der Waals surface area contributed by atoms with Crippen LogP contribution < -0.4 is 5.32 Å². The van der Waals surface area contributed by atoms with E-state index in [2.05, 4.69) is 36.2 Å². The highest BCUT2D eigenvalue weighted by Gasteiger charge is 2.16. The maximum Gasteiger partial charge on any atom is 0.275 e. The second-order valence-electron chi connectivity index (χ2n) is 3.12. The van der Waals surface area contributed by atoms with Crippen LogP contribution in [0.5, 0.6) is 0 Å². The van der Waals surface area contributed by atoms with Crippen molar-refractivity contribution in [2.24, 2.45) is 0 Å². The van der Waals surface area contributed by atoms with Crippen molar-refractivity contribution in [3.63, 3.8) is 0 Å². The van der Waals surface area contributed by atoms with Gasteiger partial charge in [-0.25, -0.2) is 15.0 Å². The van der Waals surface area contributed by atoms with Gasteiger partial charge in [0.15, 0.2) is 10.3 Å². The first kappa shape index (κ1) is 13.2. The largest absolute Gasteiger partial charge is 0.315 e. The molecule has 0 aromatic carbocycles. The number of hydrogen-bond acceptors (Lipinski definition) is 4. The van der Waals surface area contributed by atoms with Crippen molar-refractivity contribution in [2.45, 2.75) is 0 Å². The molecule has 5 nitrogen and oxygen atoms in total. The minimum atomic E-state index is -0.457. The summed E-state index contributed by atoms with van der Waals surface area (Å²) in [6.45, 7) is 0. The molecule has 8 heteroatoms. The standard InChI is InChI=1S/C10H5BrCl2N4O/c11-5-2-1-3-14-6(5)10(18)17-7-8(12)15-4-16-9(7)13/h1-4H,(H,17,18). The summed E-state index contributed by atoms with van der Waals surface area (Å²) >= 11 is 14.9. The van der Waals surface area contributed by atoms with Gasteiger partial charge in [0, 0.05) is 10.7 Å². The first-order chi connectivity index (χ1) is 8.59. The summed E-state index contributed by atoms with van der Waals surface area (Å²) in [7, 11) is 0. The molecule has 0 aliphatic heterocycles. The summed E-state index contributed by atoms with van der Waals surface area (Å²) < 4.78 is 0.562. The Balaban J connectivity index is 2.30. The molecule has 0 aliphatic carbocycles. The van der Waals surface area contributed by atoms with Crippen molar-refractivity contribution in [1.82, 2.24) is 15.0 Å². The molecule has 2 heterocycles. The summed E-state index contributed by atoms with van der Waals surface area (Å²) in [6.07, 6.45) is 2.71. The highest BCUT2D eigenvalue weighted by molar-refractivity contribution is 9.10. The average Bonchev–Trinajstić information content (AvgIpc) is 2.34. The lowest BCUT2D eigenvalue weighted by Gasteiger charge is -2.07. The van der Waals surface area contributed by atoms with Crippen molar-refractivity contribution in [1.29, 1.82) is 0 Å². The zero-order valence-corrected chi connectivity index (χ0v) is 11.8. The van der Waals surface area contributed by atoms with E-state index in [0.29, 0.717) is 4.47 Å². The minimum absolute atomic E-state index is 0.0652. The van der Waals surface area contributed by atoms with Crippen molar-refractivity contribution in [3.05, 3.63) is 45.1 Å². The van der Waals surface area contributed by atoms with Gasteiger partial charge in [-0.3, -0.25) is 4.79 Å². The molecule has 0 bridgehead atoms. The monoisotopic (exact) mass is 346 g/mol. The first-order valence-corrected chi connectivity index (χ1v) is 6.22. The van der Waals surface area contributed by atoms with Crippen LogP contribution in [0.4, 0.5) is 5.69 Å². The maximum atomic E-state index is 12.0. The van der Waals surface area contributed by atoms with Gasteiger partial charge in [0.2, 0.25) is 0 Å². The Morgan fingerprint density at radius 3 is 2.50 bits per heavy atom. The van der Waals surface area contributed by atoms with Crippen LogP contribution in [0.3, 0.4) is 0 Å². The van der Waals surface area contributed by atoms with Gasteiger partial charge in [0.1, 0.15) is 17.7 Å². The van der Waals surface area contributed by atoms with E-state index < -0.39 is 5.91 Å². The summed E-state index contributed by atoms with van der Waals surface area (Å²) in [5, 5.41) is 2.65. The third-order valence-corrected chi connectivity index (χ3v) is 3.18. The fourth-order valence-electron chi connectivity index (χ4n) is 1.17. The topological polar surface area (TPSA) is 67.8 Å². The number of hydrogen-bond donors (Lipinski definition) is 1. The van der Waals surface area contributed by atoms with Crippen molar-refractivity contribution in [2.75, 3.05) is 5.32 Å². The minimum Gasteiger partial charge on any atom is -0.315 e. The highest BCUT2D eigenvalue weighted by Crippen LogP contribution is 2.26. The Kier molecular flexibility index (Phi) is 4.11. The third-order valence-electron chi connectivity index (χ3n) is 1.97. The van der Waals surface area contributed by atoms with Crippen LogP contribution in [-0.4, -0.2) is 20.9 Å². The van der Waals surface area contributed by atoms with Gasteiger partial charge in [0.05, 0.1) is 0 Å². The Bertz CT molecular complexity index is 588. The molecule has 1 amide bonds. The van der Waals surface area contributed by atoms with Crippen LogP contribution in [-0.2, 0) is 0 Å². The highest BCUT2D eigenvalue weighted by atomic mass is 79.9. The summed E-state index contributed by atoms with van der Waals surface area (Å²) in [6, 6.07) is 3.40. The average molecular weight is 348 g/mol. The zero-order chi connectivity index (χ0) is 13.1. The molecular weight excluding hydrogens is 343 g/mol. The van der Waals surface area contributed by atoms with Crippen LogP contribution in [0.1, 0.15) is 10.5 Å². The van der Waals surface area contributed by atoms with Gasteiger partial charge in [-0.2, -0.15) is 0 Å². The number of nitrogens with one attached hydrogen (secondary N) is 1. The SMILES string of the molecule is O=C(Nc1c(Cl)ncnc1Cl)c1ncccc1Br. The lowest BCUT2D eigenvalue weighted by Crippen LogP contribution is -2.15. The van der Waals surface area contributed by atoms with Crippen molar-refractivity contribution in [3.8, 4) is 0 Å². The predicted molar refractivity (Wildman–Crippen MR) is 71.9 cm³/mol. The number of nitrogens with zero attached hydrogens (tertiary/aromatic N) is 3. The lowest BCUT2D eigenvalue weighted by molar-refractivity contribution is 0.102. The van der Waals surface area contributed by atoms with Gasteiger partial charge in [-0.15, -0.1) is 0 Å². The molecule has 18 heavy (non-hydrogen) atoms. The Morgan fingerprint density at radius 2 is 1.89 bits per heavy atom. The number of carbonyl (C=O) groups excluding carboxylic acids is 1. The first-order valence-electron chi connectivity index (χ1n) is 4.67. The predicted octanol–water partition coefficient (Wildman–Crippen LogP) is 3.19. The van der Waals surface area contributed by atoms with E-state index in [1.165, 1.54) is 12.5 Å². The van der Waals surface area contributed by atoms with E-state index in [9.17, 15) is 4.79 Å². The number of pyridine rings is 1. The number of carbonyl (C=O) groups is 1. The molecule has 2 aromatic rings. The van der Waals surface area contributed by atoms with Crippen LogP contribution in [0.15, 0.2) is 29.1 Å². The molecule has 0 radical (unpaired) electrons. The summed E-state index contributed by atoms with van der Waals surface area (Å²) in [4.78, 5) is 23.4. The van der Waals surface area contributed by atoms with Crippen LogP contribution in [0.25, 0.3) is 0 Å². The Labute approximate surface area is 121 Å². The fourth-order valence-corrected chi connectivity index (χ4v) is 2.02. The van der Waals surface area contributed by atoms with E-state index >= 15 is 0 Å². The third kappa shape index (κ3) is 2.77. The number of rotatable bonds is 2. The second-order valence-corrected chi connectivity index (χ2v) is 4.69. The number of anilines is 1. The van der Waals surface area contributed by atoms with Gasteiger partial charge >= 0.3 is 0 Å². The molecule has 0 unspecified atom stereocenters. The number of aromatic nitrogens is 3. The fraction of sp³-hybridized carbons (Fsp3) is 0. The molecule has 0 spiro atoms. The van der Waals surface area contributed by atoms with Crippen LogP contribution >= 0.6 is 39.1 Å². The molecule has 0 fully saturated rings. The molecule has 2 rings (SSSR count). The molecule has 0 atom stereocenters. The molecule has 2 aromatic heterocycles. The van der Waals surface area contributed by atoms with Gasteiger partial charge in [-0.1, -0.05) is 23.2 Å². The van der Waals surface area contributed by atoms with E-state index in [1.807, 2.05) is 0 Å². The van der Waals surface area contributed by atoms with Gasteiger partial charge in [0.25, 0.3) is 5.91 Å². The zero-order valence-electron chi connectivity index (χ0n) is 8.69. The molecule has 92 valence electrons. The number of halogens is 3. The van der Waals surface area contributed by atoms with Crippen molar-refractivity contribution < 1.29 is 4.79 Å². The van der Waals surface area contributed by atoms with E-state index in [-0.39, 0.29) is 21.7 Å². The molecule has 0 aliphatic rings. The van der Waals surface area contributed by atoms with E-state index in [4.69, 9.17) is 23.2 Å². The normalized spacial score (nSPS) is 10.2. The van der Waals surface area contributed by atoms with Gasteiger partial charge < -0.3 is 5.32 Å². The summed E-state index contributed by atoms with van der Waals surface area (Å²) in [5.41, 5.74) is 0.372. The molecule has 0 saturated carbocycles. The number of amides is 1. The van der Waals surface area contributed by atoms with Crippen LogP contribution in [0, 0.1) is 0 Å². The van der Waals surface area contributed by atoms with Gasteiger partial charge in [-0.05, 0) is 28.1 Å². The Morgan fingerprint density at radius 1 is 1.22 bits per heavy atom. The Hall–Kier alpha value is -1.24. The van der Waals surface area contributed by atoms with Crippen LogP contribution in [0.2, 0.25) is 10.3 Å². The maximum absolute atomic E-state index is 12.0.